The third-order valence-electron chi connectivity index (χ3n) is 4.32. The Morgan fingerprint density at radius 2 is 1.59 bits per heavy atom. The summed E-state index contributed by atoms with van der Waals surface area (Å²) in [6, 6.07) is 13.9. The number of hydrogen-bond donors (Lipinski definition) is 2. The largest absolute Gasteiger partial charge is 0.497 e. The molecule has 3 amide bonds. The minimum Gasteiger partial charge on any atom is -0.497 e. The van der Waals surface area contributed by atoms with E-state index in [-0.39, 0.29) is 30.9 Å². The first-order chi connectivity index (χ1) is 13.8. The van der Waals surface area contributed by atoms with Gasteiger partial charge < -0.3 is 20.3 Å². The van der Waals surface area contributed by atoms with E-state index in [0.29, 0.717) is 17.0 Å². The summed E-state index contributed by atoms with van der Waals surface area (Å²) in [4.78, 5) is 38.5. The van der Waals surface area contributed by atoms with E-state index < -0.39 is 5.91 Å². The van der Waals surface area contributed by atoms with Gasteiger partial charge in [0, 0.05) is 17.3 Å². The molecule has 0 saturated carbocycles. The SMILES string of the molecule is COc1ccc(NC(=O)CNC(=O)CN(C(=O)c2ccc(C)cc2)C(C)C)cc1. The fraction of sp³-hybridized carbons (Fsp3) is 0.318. The van der Waals surface area contributed by atoms with Crippen LogP contribution in [0.25, 0.3) is 0 Å². The number of hydrogen-bond acceptors (Lipinski definition) is 4. The van der Waals surface area contributed by atoms with Crippen molar-refractivity contribution in [3.05, 3.63) is 59.7 Å². The van der Waals surface area contributed by atoms with E-state index in [1.807, 2.05) is 32.9 Å². The summed E-state index contributed by atoms with van der Waals surface area (Å²) >= 11 is 0. The standard InChI is InChI=1S/C22H27N3O4/c1-15(2)25(22(28)17-7-5-16(3)6-8-17)14-21(27)23-13-20(26)24-18-9-11-19(29-4)12-10-18/h5-12,15H,13-14H2,1-4H3,(H,23,27)(H,24,26). The molecule has 0 bridgehead atoms. The normalized spacial score (nSPS) is 10.4. The van der Waals surface area contributed by atoms with Crippen molar-refractivity contribution in [2.24, 2.45) is 0 Å². The van der Waals surface area contributed by atoms with Gasteiger partial charge >= 0.3 is 0 Å². The van der Waals surface area contributed by atoms with Crippen LogP contribution in [0.2, 0.25) is 0 Å². The Hall–Kier alpha value is -3.35. The summed E-state index contributed by atoms with van der Waals surface area (Å²) in [6.45, 7) is 5.32. The van der Waals surface area contributed by atoms with Gasteiger partial charge in [0.1, 0.15) is 12.3 Å². The maximum Gasteiger partial charge on any atom is 0.254 e. The minimum atomic E-state index is -0.399. The molecule has 0 unspecified atom stereocenters. The number of amides is 3. The van der Waals surface area contributed by atoms with Crippen LogP contribution in [0.1, 0.15) is 29.8 Å². The lowest BCUT2D eigenvalue weighted by atomic mass is 10.1. The molecule has 0 aromatic heterocycles. The number of anilines is 1. The number of nitrogens with zero attached hydrogens (tertiary/aromatic N) is 1. The van der Waals surface area contributed by atoms with E-state index in [4.69, 9.17) is 4.74 Å². The third kappa shape index (κ3) is 6.64. The molecule has 154 valence electrons. The Kier molecular flexibility index (Phi) is 7.77. The summed E-state index contributed by atoms with van der Waals surface area (Å²) < 4.78 is 5.06. The average molecular weight is 397 g/mol. The first-order valence-electron chi connectivity index (χ1n) is 9.38. The molecule has 0 atom stereocenters. The smallest absolute Gasteiger partial charge is 0.254 e. The van der Waals surface area contributed by atoms with Crippen molar-refractivity contribution in [2.45, 2.75) is 26.8 Å². The van der Waals surface area contributed by atoms with E-state index in [1.165, 1.54) is 4.90 Å². The second kappa shape index (κ2) is 10.3. The molecule has 7 heteroatoms. The van der Waals surface area contributed by atoms with Gasteiger partial charge in [-0.1, -0.05) is 17.7 Å². The molecule has 0 spiro atoms. The Bertz CT molecular complexity index is 845. The van der Waals surface area contributed by atoms with Gasteiger partial charge in [-0.3, -0.25) is 14.4 Å². The molecular formula is C22H27N3O4. The highest BCUT2D eigenvalue weighted by atomic mass is 16.5. The molecule has 29 heavy (non-hydrogen) atoms. The highest BCUT2D eigenvalue weighted by Gasteiger charge is 2.21. The Balaban J connectivity index is 1.88. The lowest BCUT2D eigenvalue weighted by Gasteiger charge is -2.26. The van der Waals surface area contributed by atoms with Gasteiger partial charge in [-0.25, -0.2) is 0 Å². The number of benzene rings is 2. The second-order valence-corrected chi connectivity index (χ2v) is 6.95. The molecule has 0 fully saturated rings. The van der Waals surface area contributed by atoms with E-state index in [1.54, 1.807) is 43.5 Å². The molecule has 0 aliphatic heterocycles. The van der Waals surface area contributed by atoms with Crippen LogP contribution >= 0.6 is 0 Å². The number of rotatable bonds is 8. The Labute approximate surface area is 171 Å². The maximum atomic E-state index is 12.7. The zero-order valence-corrected chi connectivity index (χ0v) is 17.2. The number of nitrogens with one attached hydrogen (secondary N) is 2. The van der Waals surface area contributed by atoms with Crippen LogP contribution in [0, 0.1) is 6.92 Å². The molecule has 0 heterocycles. The molecule has 2 aromatic carbocycles. The topological polar surface area (TPSA) is 87.7 Å². The van der Waals surface area contributed by atoms with Crippen LogP contribution < -0.4 is 15.4 Å². The minimum absolute atomic E-state index is 0.125. The summed E-state index contributed by atoms with van der Waals surface area (Å²) in [5, 5.41) is 5.25. The third-order valence-corrected chi connectivity index (χ3v) is 4.32. The number of carbonyl (C=O) groups excluding carboxylic acids is 3. The molecule has 0 saturated heterocycles. The van der Waals surface area contributed by atoms with Crippen molar-refractivity contribution in [3.8, 4) is 5.75 Å². The Morgan fingerprint density at radius 1 is 0.966 bits per heavy atom. The first kappa shape index (κ1) is 21.9. The zero-order chi connectivity index (χ0) is 21.4. The highest BCUT2D eigenvalue weighted by Crippen LogP contribution is 2.14. The molecule has 7 nitrogen and oxygen atoms in total. The van der Waals surface area contributed by atoms with Gasteiger partial charge in [0.2, 0.25) is 11.8 Å². The summed E-state index contributed by atoms with van der Waals surface area (Å²) in [5.41, 5.74) is 2.18. The predicted molar refractivity (Wildman–Crippen MR) is 112 cm³/mol. The van der Waals surface area contributed by atoms with Gasteiger partial charge in [-0.2, -0.15) is 0 Å². The van der Waals surface area contributed by atoms with Crippen molar-refractivity contribution in [1.29, 1.82) is 0 Å². The summed E-state index contributed by atoms with van der Waals surface area (Å²) in [7, 11) is 1.56. The van der Waals surface area contributed by atoms with Gasteiger partial charge in [0.05, 0.1) is 13.7 Å². The molecule has 0 aliphatic carbocycles. The van der Waals surface area contributed by atoms with Crippen molar-refractivity contribution >= 4 is 23.4 Å². The number of methoxy groups -OCH3 is 1. The van der Waals surface area contributed by atoms with Crippen molar-refractivity contribution in [3.63, 3.8) is 0 Å². The van der Waals surface area contributed by atoms with Crippen molar-refractivity contribution < 1.29 is 19.1 Å². The van der Waals surface area contributed by atoms with E-state index in [9.17, 15) is 14.4 Å². The first-order valence-corrected chi connectivity index (χ1v) is 9.38. The molecule has 0 aliphatic rings. The van der Waals surface area contributed by atoms with Gasteiger partial charge in [-0.05, 0) is 57.2 Å². The quantitative estimate of drug-likeness (QED) is 0.717. The number of aryl methyl sites for hydroxylation is 1. The fourth-order valence-electron chi connectivity index (χ4n) is 2.62. The lowest BCUT2D eigenvalue weighted by molar-refractivity contribution is -0.124. The molecule has 2 N–H and O–H groups in total. The maximum absolute atomic E-state index is 12.7. The molecular weight excluding hydrogens is 370 g/mol. The van der Waals surface area contributed by atoms with Crippen LogP contribution in [0.5, 0.6) is 5.75 Å². The van der Waals surface area contributed by atoms with E-state index in [2.05, 4.69) is 10.6 Å². The molecule has 2 rings (SSSR count). The van der Waals surface area contributed by atoms with Crippen LogP contribution in [0.4, 0.5) is 5.69 Å². The van der Waals surface area contributed by atoms with Crippen LogP contribution in [0.15, 0.2) is 48.5 Å². The molecule has 0 radical (unpaired) electrons. The van der Waals surface area contributed by atoms with Gasteiger partial charge in [0.25, 0.3) is 5.91 Å². The monoisotopic (exact) mass is 397 g/mol. The summed E-state index contributed by atoms with van der Waals surface area (Å²) in [6.07, 6.45) is 0. The fourth-order valence-corrected chi connectivity index (χ4v) is 2.62. The average Bonchev–Trinajstić information content (AvgIpc) is 2.71. The van der Waals surface area contributed by atoms with Crippen LogP contribution in [-0.4, -0.2) is 48.9 Å². The molecule has 2 aromatic rings. The van der Waals surface area contributed by atoms with Crippen LogP contribution in [0.3, 0.4) is 0 Å². The van der Waals surface area contributed by atoms with Gasteiger partial charge in [0.15, 0.2) is 0 Å². The number of ether oxygens (including phenoxy) is 1. The van der Waals surface area contributed by atoms with Crippen molar-refractivity contribution in [2.75, 3.05) is 25.5 Å². The van der Waals surface area contributed by atoms with Crippen LogP contribution in [-0.2, 0) is 9.59 Å². The summed E-state index contributed by atoms with van der Waals surface area (Å²) in [5.74, 6) is -0.297. The van der Waals surface area contributed by atoms with Crippen molar-refractivity contribution in [1.82, 2.24) is 10.2 Å². The lowest BCUT2D eigenvalue weighted by Crippen LogP contribution is -2.45. The van der Waals surface area contributed by atoms with Gasteiger partial charge in [-0.15, -0.1) is 0 Å². The zero-order valence-electron chi connectivity index (χ0n) is 17.2. The van der Waals surface area contributed by atoms with E-state index in [0.717, 1.165) is 5.56 Å². The predicted octanol–water partition coefficient (Wildman–Crippen LogP) is 2.61. The Morgan fingerprint density at radius 3 is 2.14 bits per heavy atom. The van der Waals surface area contributed by atoms with E-state index >= 15 is 0 Å². The highest BCUT2D eigenvalue weighted by molar-refractivity contribution is 5.98. The second-order valence-electron chi connectivity index (χ2n) is 6.95. The number of carbonyl (C=O) groups is 3.